The zero-order chi connectivity index (χ0) is 29.4. The summed E-state index contributed by atoms with van der Waals surface area (Å²) < 4.78 is 18.6. The van der Waals surface area contributed by atoms with Crippen LogP contribution in [0.3, 0.4) is 0 Å². The largest absolute Gasteiger partial charge is 0.485 e. The summed E-state index contributed by atoms with van der Waals surface area (Å²) in [6, 6.07) is 0. The first kappa shape index (κ1) is 33.2. The van der Waals surface area contributed by atoms with Crippen LogP contribution in [0.15, 0.2) is 10.8 Å². The molecule has 0 spiro atoms. The third-order valence-corrected chi connectivity index (χ3v) is 10.3. The van der Waals surface area contributed by atoms with Crippen LogP contribution in [-0.4, -0.2) is 35.9 Å². The van der Waals surface area contributed by atoms with Gasteiger partial charge < -0.3 is 14.2 Å². The molecule has 5 nitrogen and oxygen atoms in total. The SMILES string of the molecule is CCCCCCCCCCOCC1COc2csc(-c3scc4nc(CCCCCC)c(CCCCCC)nc34)c2O1. The lowest BCUT2D eigenvalue weighted by atomic mass is 10.0. The second-order valence-electron chi connectivity index (χ2n) is 11.9. The average Bonchev–Trinajstić information content (AvgIpc) is 3.61. The first-order valence-electron chi connectivity index (χ1n) is 17.0. The summed E-state index contributed by atoms with van der Waals surface area (Å²) in [5.41, 5.74) is 4.44. The predicted octanol–water partition coefficient (Wildman–Crippen LogP) is 11.0. The van der Waals surface area contributed by atoms with Gasteiger partial charge >= 0.3 is 0 Å². The fourth-order valence-electron chi connectivity index (χ4n) is 5.66. The van der Waals surface area contributed by atoms with Crippen molar-refractivity contribution >= 4 is 33.7 Å². The van der Waals surface area contributed by atoms with Crippen LogP contribution in [0.5, 0.6) is 11.5 Å². The Labute approximate surface area is 262 Å². The lowest BCUT2D eigenvalue weighted by Crippen LogP contribution is -2.33. The van der Waals surface area contributed by atoms with Gasteiger partial charge in [0, 0.05) is 17.4 Å². The van der Waals surface area contributed by atoms with Gasteiger partial charge in [-0.2, -0.15) is 0 Å². The monoisotopic (exact) mass is 614 g/mol. The molecule has 0 N–H and O–H groups in total. The van der Waals surface area contributed by atoms with Gasteiger partial charge in [0.05, 0.1) is 27.7 Å². The molecule has 0 aliphatic carbocycles. The summed E-state index contributed by atoms with van der Waals surface area (Å²) in [7, 11) is 0. The predicted molar refractivity (Wildman–Crippen MR) is 180 cm³/mol. The van der Waals surface area contributed by atoms with Gasteiger partial charge in [-0.15, -0.1) is 22.7 Å². The molecular weight excluding hydrogens is 561 g/mol. The van der Waals surface area contributed by atoms with Gasteiger partial charge in [0.2, 0.25) is 0 Å². The van der Waals surface area contributed by atoms with E-state index in [-0.39, 0.29) is 6.10 Å². The Bertz CT molecular complexity index is 1170. The molecule has 0 saturated heterocycles. The molecule has 1 unspecified atom stereocenters. The average molecular weight is 615 g/mol. The molecule has 0 radical (unpaired) electrons. The highest BCUT2D eigenvalue weighted by molar-refractivity contribution is 7.22. The maximum Gasteiger partial charge on any atom is 0.181 e. The van der Waals surface area contributed by atoms with E-state index in [1.165, 1.54) is 108 Å². The number of rotatable bonds is 22. The van der Waals surface area contributed by atoms with Crippen molar-refractivity contribution in [2.75, 3.05) is 19.8 Å². The Kier molecular flexibility index (Phi) is 14.9. The summed E-state index contributed by atoms with van der Waals surface area (Å²) in [6.07, 6.45) is 22.4. The van der Waals surface area contributed by atoms with Crippen molar-refractivity contribution in [1.82, 2.24) is 9.97 Å². The van der Waals surface area contributed by atoms with Crippen LogP contribution in [-0.2, 0) is 17.6 Å². The maximum absolute atomic E-state index is 6.50. The molecule has 3 aromatic heterocycles. The van der Waals surface area contributed by atoms with E-state index in [2.05, 4.69) is 31.5 Å². The van der Waals surface area contributed by atoms with Crippen LogP contribution in [0.1, 0.15) is 135 Å². The van der Waals surface area contributed by atoms with Gasteiger partial charge in [-0.3, -0.25) is 0 Å². The van der Waals surface area contributed by atoms with E-state index < -0.39 is 0 Å². The number of aromatic nitrogens is 2. The van der Waals surface area contributed by atoms with Crippen molar-refractivity contribution < 1.29 is 14.2 Å². The topological polar surface area (TPSA) is 53.5 Å². The molecule has 7 heteroatoms. The number of thiophene rings is 2. The van der Waals surface area contributed by atoms with Gasteiger partial charge in [-0.25, -0.2) is 9.97 Å². The Hall–Kier alpha value is -1.70. The quantitative estimate of drug-likeness (QED) is 0.105. The van der Waals surface area contributed by atoms with Gasteiger partial charge in [0.25, 0.3) is 0 Å². The number of unbranched alkanes of at least 4 members (excludes halogenated alkanes) is 13. The third kappa shape index (κ3) is 9.92. The highest BCUT2D eigenvalue weighted by atomic mass is 32.1. The van der Waals surface area contributed by atoms with Crippen molar-refractivity contribution in [3.63, 3.8) is 0 Å². The summed E-state index contributed by atoms with van der Waals surface area (Å²) in [5.74, 6) is 1.70. The van der Waals surface area contributed by atoms with Crippen molar-refractivity contribution in [2.24, 2.45) is 0 Å². The van der Waals surface area contributed by atoms with E-state index in [1.54, 1.807) is 22.7 Å². The van der Waals surface area contributed by atoms with Gasteiger partial charge in [-0.05, 0) is 32.1 Å². The van der Waals surface area contributed by atoms with Gasteiger partial charge in [-0.1, -0.05) is 104 Å². The Morgan fingerprint density at radius 3 is 2.00 bits per heavy atom. The normalized spacial score (nSPS) is 14.7. The van der Waals surface area contributed by atoms with Crippen LogP contribution in [0, 0.1) is 0 Å². The minimum Gasteiger partial charge on any atom is -0.485 e. The highest BCUT2D eigenvalue weighted by Gasteiger charge is 2.28. The smallest absolute Gasteiger partial charge is 0.181 e. The molecule has 234 valence electrons. The number of ether oxygens (including phenoxy) is 3. The molecule has 4 heterocycles. The van der Waals surface area contributed by atoms with E-state index in [9.17, 15) is 0 Å². The van der Waals surface area contributed by atoms with E-state index in [0.29, 0.717) is 13.2 Å². The molecule has 3 aromatic rings. The van der Waals surface area contributed by atoms with E-state index in [1.807, 2.05) is 0 Å². The van der Waals surface area contributed by atoms with Crippen molar-refractivity contribution in [1.29, 1.82) is 0 Å². The standard InChI is InChI=1S/C35H54N2O3S2/c1-4-7-10-13-14-15-16-19-22-38-23-27-24-39-31-26-42-35(33(31)40-27)34-32-30(25-41-34)36-28(20-17-11-8-5-2)29(37-32)21-18-12-9-6-3/h25-27H,4-24H2,1-3H3. The minimum absolute atomic E-state index is 0.0824. The molecule has 1 aliphatic rings. The zero-order valence-electron chi connectivity index (χ0n) is 26.5. The molecule has 1 atom stereocenters. The number of fused-ring (bicyclic) bond motifs is 2. The Morgan fingerprint density at radius 2 is 1.31 bits per heavy atom. The van der Waals surface area contributed by atoms with Crippen molar-refractivity contribution in [3.8, 4) is 21.3 Å². The third-order valence-electron chi connectivity index (χ3n) is 8.19. The molecule has 0 bridgehead atoms. The summed E-state index contributed by atoms with van der Waals surface area (Å²) in [4.78, 5) is 12.7. The van der Waals surface area contributed by atoms with Crippen LogP contribution in [0.4, 0.5) is 0 Å². The molecular formula is C35H54N2O3S2. The molecule has 42 heavy (non-hydrogen) atoms. The van der Waals surface area contributed by atoms with Crippen molar-refractivity contribution in [2.45, 2.75) is 142 Å². The van der Waals surface area contributed by atoms with E-state index in [4.69, 9.17) is 24.2 Å². The zero-order valence-corrected chi connectivity index (χ0v) is 28.1. The number of nitrogens with zero attached hydrogens (tertiary/aromatic N) is 2. The number of hydrogen-bond donors (Lipinski definition) is 0. The molecule has 0 saturated carbocycles. The Balaban J connectivity index is 1.37. The second kappa shape index (κ2) is 18.9. The molecule has 0 fully saturated rings. The summed E-state index contributed by atoms with van der Waals surface area (Å²) >= 11 is 3.42. The first-order valence-corrected chi connectivity index (χ1v) is 18.8. The van der Waals surface area contributed by atoms with Gasteiger partial charge in [0.1, 0.15) is 17.6 Å². The van der Waals surface area contributed by atoms with Crippen LogP contribution in [0.25, 0.3) is 20.8 Å². The summed E-state index contributed by atoms with van der Waals surface area (Å²) in [5, 5.41) is 4.25. The lowest BCUT2D eigenvalue weighted by molar-refractivity contribution is 0.00877. The van der Waals surface area contributed by atoms with E-state index >= 15 is 0 Å². The lowest BCUT2D eigenvalue weighted by Gasteiger charge is -2.25. The molecule has 0 amide bonds. The highest BCUT2D eigenvalue weighted by Crippen LogP contribution is 2.49. The van der Waals surface area contributed by atoms with E-state index in [0.717, 1.165) is 58.2 Å². The number of hydrogen-bond acceptors (Lipinski definition) is 7. The van der Waals surface area contributed by atoms with Crippen LogP contribution >= 0.6 is 22.7 Å². The van der Waals surface area contributed by atoms with Gasteiger partial charge in [0.15, 0.2) is 17.6 Å². The minimum atomic E-state index is -0.0824. The molecule has 1 aliphatic heterocycles. The second-order valence-corrected chi connectivity index (χ2v) is 13.7. The number of aryl methyl sites for hydroxylation is 2. The maximum atomic E-state index is 6.50. The molecule has 4 rings (SSSR count). The fourth-order valence-corrected chi connectivity index (χ4v) is 7.66. The summed E-state index contributed by atoms with van der Waals surface area (Å²) in [6.45, 7) is 8.71. The van der Waals surface area contributed by atoms with Crippen molar-refractivity contribution in [3.05, 3.63) is 22.1 Å². The van der Waals surface area contributed by atoms with Crippen LogP contribution < -0.4 is 9.47 Å². The molecule has 0 aromatic carbocycles. The van der Waals surface area contributed by atoms with Crippen LogP contribution in [0.2, 0.25) is 0 Å². The Morgan fingerprint density at radius 1 is 0.714 bits per heavy atom. The fraction of sp³-hybridized carbons (Fsp3) is 0.714. The first-order chi connectivity index (χ1) is 20.7.